The van der Waals surface area contributed by atoms with Gasteiger partial charge in [0.15, 0.2) is 0 Å². The van der Waals surface area contributed by atoms with Gasteiger partial charge in [-0.05, 0) is 24.3 Å². The zero-order chi connectivity index (χ0) is 18.8. The predicted octanol–water partition coefficient (Wildman–Crippen LogP) is 3.89. The third-order valence-electron chi connectivity index (χ3n) is 4.06. The quantitative estimate of drug-likeness (QED) is 0.550. The molecule has 0 aliphatic rings. The van der Waals surface area contributed by atoms with Crippen molar-refractivity contribution < 1.29 is 5.11 Å². The number of fused-ring (bicyclic) bond motifs is 1. The fourth-order valence-corrected chi connectivity index (χ4v) is 3.05. The second-order valence-corrected chi connectivity index (χ2v) is 6.09. The van der Waals surface area contributed by atoms with Gasteiger partial charge in [-0.15, -0.1) is 0 Å². The summed E-state index contributed by atoms with van der Waals surface area (Å²) in [5.74, 6) is -0.0112. The van der Waals surface area contributed by atoms with E-state index in [0.29, 0.717) is 27.0 Å². The van der Waals surface area contributed by atoms with Crippen molar-refractivity contribution in [2.24, 2.45) is 4.99 Å². The highest BCUT2D eigenvalue weighted by Gasteiger charge is 2.17. The number of benzene rings is 2. The van der Waals surface area contributed by atoms with Crippen LogP contribution in [0.15, 0.2) is 76.8 Å². The van der Waals surface area contributed by atoms with Crippen LogP contribution in [0.2, 0.25) is 5.02 Å². The Morgan fingerprint density at radius 2 is 1.63 bits per heavy atom. The summed E-state index contributed by atoms with van der Waals surface area (Å²) in [6.07, 6.45) is 4.59. The van der Waals surface area contributed by atoms with Crippen LogP contribution >= 0.6 is 11.6 Å². The molecule has 0 spiro atoms. The molecule has 0 radical (unpaired) electrons. The van der Waals surface area contributed by atoms with Crippen molar-refractivity contribution in [3.63, 3.8) is 0 Å². The molecule has 0 saturated heterocycles. The maximum Gasteiger partial charge on any atom is 0.265 e. The molecular weight excluding hydrogens is 364 g/mol. The number of hydrogen-bond donors (Lipinski definition) is 1. The van der Waals surface area contributed by atoms with Gasteiger partial charge in [0.2, 0.25) is 11.8 Å². The highest BCUT2D eigenvalue weighted by Crippen LogP contribution is 2.29. The number of nitrogens with zero attached hydrogens (tertiary/aromatic N) is 4. The van der Waals surface area contributed by atoms with E-state index >= 15 is 0 Å². The molecule has 132 valence electrons. The second kappa shape index (κ2) is 7.01. The minimum absolute atomic E-state index is 0.247. The molecule has 1 N–H and O–H groups in total. The lowest BCUT2D eigenvalue weighted by molar-refractivity contribution is 0.436. The molecule has 4 aromatic rings. The normalized spacial score (nSPS) is 11.3. The molecule has 6 nitrogen and oxygen atoms in total. The molecule has 0 aliphatic heterocycles. The molecule has 2 heterocycles. The first-order valence-electron chi connectivity index (χ1n) is 8.09. The molecule has 0 fully saturated rings. The summed E-state index contributed by atoms with van der Waals surface area (Å²) in [6, 6.07) is 15.5. The Kier molecular flexibility index (Phi) is 4.40. The van der Waals surface area contributed by atoms with Gasteiger partial charge >= 0.3 is 0 Å². The van der Waals surface area contributed by atoms with Gasteiger partial charge in [0, 0.05) is 29.4 Å². The van der Waals surface area contributed by atoms with Gasteiger partial charge in [-0.25, -0.2) is 19.5 Å². The van der Waals surface area contributed by atoms with Crippen molar-refractivity contribution in [3.8, 4) is 11.6 Å². The monoisotopic (exact) mass is 376 g/mol. The maximum absolute atomic E-state index is 13.0. The predicted molar refractivity (Wildman–Crippen MR) is 106 cm³/mol. The highest BCUT2D eigenvalue weighted by molar-refractivity contribution is 6.32. The van der Waals surface area contributed by atoms with Crippen LogP contribution < -0.4 is 5.56 Å². The molecule has 27 heavy (non-hydrogen) atoms. The van der Waals surface area contributed by atoms with E-state index in [0.717, 1.165) is 0 Å². The highest BCUT2D eigenvalue weighted by atomic mass is 35.5. The Bertz CT molecular complexity index is 1220. The van der Waals surface area contributed by atoms with Crippen molar-refractivity contribution in [2.75, 3.05) is 0 Å². The fraction of sp³-hybridized carbons (Fsp3) is 0. The lowest BCUT2D eigenvalue weighted by atomic mass is 10.1. The zero-order valence-electron chi connectivity index (χ0n) is 14.0. The molecule has 0 bridgehead atoms. The summed E-state index contributed by atoms with van der Waals surface area (Å²) in [4.78, 5) is 25.3. The average Bonchev–Trinajstić information content (AvgIpc) is 2.70. The van der Waals surface area contributed by atoms with Crippen molar-refractivity contribution in [1.82, 2.24) is 14.5 Å². The van der Waals surface area contributed by atoms with E-state index in [1.54, 1.807) is 67.0 Å². The molecule has 0 aliphatic carbocycles. The topological polar surface area (TPSA) is 80.4 Å². The Morgan fingerprint density at radius 1 is 0.963 bits per heavy atom. The lowest BCUT2D eigenvalue weighted by Gasteiger charge is -2.14. The van der Waals surface area contributed by atoms with E-state index in [9.17, 15) is 9.90 Å². The lowest BCUT2D eigenvalue weighted by Crippen LogP contribution is -2.20. The Balaban J connectivity index is 2.02. The van der Waals surface area contributed by atoms with Crippen molar-refractivity contribution in [2.45, 2.75) is 0 Å². The standard InChI is InChI=1S/C20H13ClN4O2/c21-16-8-3-4-9-17(16)25-18(26)14-7-2-1-6-13(14)15(19(25)27)12-24-20-22-10-5-11-23-20/h1-12,27H/b24-12+. The molecule has 0 atom stereocenters. The molecular formula is C20H13ClN4O2. The van der Waals surface area contributed by atoms with Gasteiger partial charge < -0.3 is 5.11 Å². The molecule has 2 aromatic carbocycles. The Morgan fingerprint density at radius 3 is 2.37 bits per heavy atom. The molecule has 4 rings (SSSR count). The third-order valence-corrected chi connectivity index (χ3v) is 4.38. The van der Waals surface area contributed by atoms with Crippen molar-refractivity contribution in [1.29, 1.82) is 0 Å². The minimum atomic E-state index is -0.371. The van der Waals surface area contributed by atoms with Crippen LogP contribution in [0.3, 0.4) is 0 Å². The Labute approximate surface area is 159 Å². The fourth-order valence-electron chi connectivity index (χ4n) is 2.83. The zero-order valence-corrected chi connectivity index (χ0v) is 14.7. The maximum atomic E-state index is 13.0. The number of aromatic hydroxyl groups is 1. The van der Waals surface area contributed by atoms with Crippen LogP contribution in [0.1, 0.15) is 5.56 Å². The number of aromatic nitrogens is 3. The van der Waals surface area contributed by atoms with Crippen LogP contribution in [0.5, 0.6) is 5.88 Å². The molecule has 2 aromatic heterocycles. The first kappa shape index (κ1) is 16.9. The van der Waals surface area contributed by atoms with Gasteiger partial charge in [-0.1, -0.05) is 41.9 Å². The molecule has 7 heteroatoms. The average molecular weight is 377 g/mol. The Hall–Kier alpha value is -3.51. The van der Waals surface area contributed by atoms with Crippen molar-refractivity contribution >= 4 is 34.5 Å². The summed E-state index contributed by atoms with van der Waals surface area (Å²) < 4.78 is 1.18. The first-order chi connectivity index (χ1) is 13.2. The minimum Gasteiger partial charge on any atom is -0.494 e. The molecule has 0 amide bonds. The largest absolute Gasteiger partial charge is 0.494 e. The van der Waals surface area contributed by atoms with Gasteiger partial charge in [0.05, 0.1) is 16.3 Å². The smallest absolute Gasteiger partial charge is 0.265 e. The van der Waals surface area contributed by atoms with Gasteiger partial charge in [-0.2, -0.15) is 0 Å². The summed E-state index contributed by atoms with van der Waals surface area (Å²) in [7, 11) is 0. The molecule has 0 saturated carbocycles. The number of rotatable bonds is 3. The SMILES string of the molecule is O=c1c2ccccc2c(/C=N/c2ncccn2)c(O)n1-c1ccccc1Cl. The van der Waals surface area contributed by atoms with Crippen LogP contribution in [-0.4, -0.2) is 25.9 Å². The molecule has 0 unspecified atom stereocenters. The van der Waals surface area contributed by atoms with Crippen LogP contribution in [0.25, 0.3) is 16.5 Å². The summed E-state index contributed by atoms with van der Waals surface area (Å²) in [5, 5.41) is 12.3. The van der Waals surface area contributed by atoms with E-state index in [1.807, 2.05) is 0 Å². The van der Waals surface area contributed by atoms with E-state index in [4.69, 9.17) is 11.6 Å². The number of para-hydroxylation sites is 1. The summed E-state index contributed by atoms with van der Waals surface area (Å²) in [6.45, 7) is 0. The van der Waals surface area contributed by atoms with E-state index < -0.39 is 0 Å². The first-order valence-corrected chi connectivity index (χ1v) is 8.47. The van der Waals surface area contributed by atoms with Crippen LogP contribution in [0.4, 0.5) is 5.95 Å². The summed E-state index contributed by atoms with van der Waals surface area (Å²) in [5.41, 5.74) is 0.389. The number of halogens is 1. The summed E-state index contributed by atoms with van der Waals surface area (Å²) >= 11 is 6.25. The van der Waals surface area contributed by atoms with Crippen LogP contribution in [-0.2, 0) is 0 Å². The number of hydrogen-bond acceptors (Lipinski definition) is 5. The van der Waals surface area contributed by atoms with E-state index in [-0.39, 0.29) is 17.4 Å². The van der Waals surface area contributed by atoms with E-state index in [2.05, 4.69) is 15.0 Å². The third kappa shape index (κ3) is 3.07. The van der Waals surface area contributed by atoms with Gasteiger partial charge in [-0.3, -0.25) is 4.79 Å². The van der Waals surface area contributed by atoms with Crippen molar-refractivity contribution in [3.05, 3.63) is 87.9 Å². The van der Waals surface area contributed by atoms with Gasteiger partial charge in [0.1, 0.15) is 0 Å². The number of aliphatic imine (C=N–C) groups is 1. The van der Waals surface area contributed by atoms with Crippen LogP contribution in [0, 0.1) is 0 Å². The second-order valence-electron chi connectivity index (χ2n) is 5.68. The number of pyridine rings is 1. The van der Waals surface area contributed by atoms with E-state index in [1.165, 1.54) is 10.8 Å². The van der Waals surface area contributed by atoms with Gasteiger partial charge in [0.25, 0.3) is 5.56 Å².